The molecule has 0 radical (unpaired) electrons. The molecule has 3 rings (SSSR count). The molecular formula is C15H11BrN2O3. The lowest BCUT2D eigenvalue weighted by Crippen LogP contribution is -2.11. The molecule has 2 N–H and O–H groups in total. The van der Waals surface area contributed by atoms with Crippen LogP contribution in [0.1, 0.15) is 16.2 Å². The van der Waals surface area contributed by atoms with Gasteiger partial charge in [0.05, 0.1) is 0 Å². The number of amides is 1. The highest BCUT2D eigenvalue weighted by atomic mass is 79.9. The number of anilines is 1. The molecule has 0 atom stereocenters. The fourth-order valence-corrected chi connectivity index (χ4v) is 2.39. The van der Waals surface area contributed by atoms with Crippen LogP contribution in [0.3, 0.4) is 0 Å². The van der Waals surface area contributed by atoms with Gasteiger partial charge in [-0.1, -0.05) is 0 Å². The van der Waals surface area contributed by atoms with Crippen molar-refractivity contribution in [2.24, 2.45) is 0 Å². The van der Waals surface area contributed by atoms with Gasteiger partial charge in [-0.2, -0.15) is 0 Å². The summed E-state index contributed by atoms with van der Waals surface area (Å²) < 4.78 is 5.67. The van der Waals surface area contributed by atoms with Crippen LogP contribution in [0.5, 0.6) is 0 Å². The molecule has 3 aromatic rings. The van der Waals surface area contributed by atoms with Crippen molar-refractivity contribution in [3.63, 3.8) is 0 Å². The van der Waals surface area contributed by atoms with Crippen LogP contribution >= 0.6 is 15.9 Å². The Bertz CT molecular complexity index is 895. The number of hydrogen-bond donors (Lipinski definition) is 2. The monoisotopic (exact) mass is 346 g/mol. The van der Waals surface area contributed by atoms with Crippen molar-refractivity contribution in [2.75, 3.05) is 5.32 Å². The zero-order valence-corrected chi connectivity index (χ0v) is 12.7. The Balaban J connectivity index is 1.95. The van der Waals surface area contributed by atoms with Gasteiger partial charge in [-0.05, 0) is 53.2 Å². The van der Waals surface area contributed by atoms with Crippen LogP contribution in [-0.2, 0) is 0 Å². The first kappa shape index (κ1) is 13.6. The van der Waals surface area contributed by atoms with Gasteiger partial charge in [-0.15, -0.1) is 0 Å². The van der Waals surface area contributed by atoms with Gasteiger partial charge >= 0.3 is 0 Å². The largest absolute Gasteiger partial charge is 0.444 e. The van der Waals surface area contributed by atoms with Crippen LogP contribution in [0, 0.1) is 6.92 Å². The van der Waals surface area contributed by atoms with Crippen LogP contribution < -0.4 is 10.7 Å². The lowest BCUT2D eigenvalue weighted by molar-refractivity contribution is 0.0995. The lowest BCUT2D eigenvalue weighted by atomic mass is 10.1. The molecule has 0 bridgehead atoms. The second-order valence-electron chi connectivity index (χ2n) is 4.63. The van der Waals surface area contributed by atoms with E-state index in [9.17, 15) is 9.59 Å². The Hall–Kier alpha value is -2.34. The van der Waals surface area contributed by atoms with Crippen LogP contribution in [0.4, 0.5) is 5.69 Å². The van der Waals surface area contributed by atoms with Crippen LogP contribution in [0.15, 0.2) is 50.3 Å². The second-order valence-corrected chi connectivity index (χ2v) is 5.42. The highest BCUT2D eigenvalue weighted by Crippen LogP contribution is 2.18. The van der Waals surface area contributed by atoms with E-state index in [-0.39, 0.29) is 17.1 Å². The van der Waals surface area contributed by atoms with E-state index in [0.717, 1.165) is 11.2 Å². The molecule has 2 heterocycles. The number of furan rings is 1. The van der Waals surface area contributed by atoms with Crippen LogP contribution in [-0.4, -0.2) is 10.9 Å². The third-order valence-corrected chi connectivity index (χ3v) is 3.45. The molecular weight excluding hydrogens is 336 g/mol. The SMILES string of the molecule is Cc1cc(=O)c2cc(NC(=O)c3ccc(Br)o3)ccc2[nH]1. The summed E-state index contributed by atoms with van der Waals surface area (Å²) in [6.07, 6.45) is 0. The van der Waals surface area contributed by atoms with E-state index in [1.807, 2.05) is 6.92 Å². The van der Waals surface area contributed by atoms with Crippen molar-refractivity contribution in [1.82, 2.24) is 4.98 Å². The number of hydrogen-bond acceptors (Lipinski definition) is 3. The van der Waals surface area contributed by atoms with Crippen molar-refractivity contribution in [2.45, 2.75) is 6.92 Å². The first-order chi connectivity index (χ1) is 10.0. The highest BCUT2D eigenvalue weighted by molar-refractivity contribution is 9.10. The molecule has 6 heteroatoms. The van der Waals surface area contributed by atoms with Gasteiger partial charge in [0.2, 0.25) is 0 Å². The van der Waals surface area contributed by atoms with E-state index in [2.05, 4.69) is 26.2 Å². The summed E-state index contributed by atoms with van der Waals surface area (Å²) in [5.74, 6) is -0.177. The summed E-state index contributed by atoms with van der Waals surface area (Å²) in [6.45, 7) is 1.82. The van der Waals surface area contributed by atoms with Crippen LogP contribution in [0.2, 0.25) is 0 Å². The minimum Gasteiger partial charge on any atom is -0.444 e. The Morgan fingerprint density at radius 2 is 2.05 bits per heavy atom. The zero-order valence-electron chi connectivity index (χ0n) is 11.1. The first-order valence-electron chi connectivity index (χ1n) is 6.23. The summed E-state index contributed by atoms with van der Waals surface area (Å²) in [4.78, 5) is 27.1. The second kappa shape index (κ2) is 5.21. The number of carbonyl (C=O) groups is 1. The average molecular weight is 347 g/mol. The first-order valence-corrected chi connectivity index (χ1v) is 7.02. The number of rotatable bonds is 2. The van der Waals surface area contributed by atoms with Crippen molar-refractivity contribution >= 4 is 38.4 Å². The predicted octanol–water partition coefficient (Wildman–Crippen LogP) is 3.44. The number of aryl methyl sites for hydroxylation is 1. The fraction of sp³-hybridized carbons (Fsp3) is 0.0667. The fourth-order valence-electron chi connectivity index (χ4n) is 2.09. The number of benzene rings is 1. The van der Waals surface area contributed by atoms with Crippen molar-refractivity contribution < 1.29 is 9.21 Å². The highest BCUT2D eigenvalue weighted by Gasteiger charge is 2.11. The Morgan fingerprint density at radius 1 is 1.24 bits per heavy atom. The molecule has 0 spiro atoms. The smallest absolute Gasteiger partial charge is 0.291 e. The Kier molecular flexibility index (Phi) is 3.39. The minimum absolute atomic E-state index is 0.0851. The molecule has 1 amide bonds. The molecule has 0 aliphatic heterocycles. The number of H-pyrrole nitrogens is 1. The van der Waals surface area contributed by atoms with E-state index in [4.69, 9.17) is 4.42 Å². The number of fused-ring (bicyclic) bond motifs is 1. The number of carbonyl (C=O) groups excluding carboxylic acids is 1. The third kappa shape index (κ3) is 2.75. The quantitative estimate of drug-likeness (QED) is 0.746. The summed E-state index contributed by atoms with van der Waals surface area (Å²) in [5, 5.41) is 3.23. The van der Waals surface area contributed by atoms with E-state index < -0.39 is 0 Å². The van der Waals surface area contributed by atoms with Gasteiger partial charge in [0.15, 0.2) is 15.9 Å². The molecule has 106 valence electrons. The van der Waals surface area contributed by atoms with Gasteiger partial charge in [-0.25, -0.2) is 0 Å². The predicted molar refractivity (Wildman–Crippen MR) is 83.7 cm³/mol. The normalized spacial score (nSPS) is 10.8. The minimum atomic E-state index is -0.372. The molecule has 0 saturated carbocycles. The van der Waals surface area contributed by atoms with Gasteiger partial charge in [-0.3, -0.25) is 9.59 Å². The maximum Gasteiger partial charge on any atom is 0.291 e. The van der Waals surface area contributed by atoms with Gasteiger partial charge in [0, 0.05) is 28.4 Å². The molecule has 21 heavy (non-hydrogen) atoms. The molecule has 0 unspecified atom stereocenters. The number of pyridine rings is 1. The van der Waals surface area contributed by atoms with Crippen molar-refractivity contribution in [3.05, 3.63) is 62.7 Å². The third-order valence-electron chi connectivity index (χ3n) is 3.02. The molecule has 0 aliphatic carbocycles. The van der Waals surface area contributed by atoms with Gasteiger partial charge in [0.1, 0.15) is 0 Å². The summed E-state index contributed by atoms with van der Waals surface area (Å²) in [5.41, 5.74) is 1.98. The van der Waals surface area contributed by atoms with E-state index in [1.54, 1.807) is 30.3 Å². The summed E-state index contributed by atoms with van der Waals surface area (Å²) in [6, 6.07) is 9.87. The van der Waals surface area contributed by atoms with E-state index in [1.165, 1.54) is 6.07 Å². The van der Waals surface area contributed by atoms with Crippen LogP contribution in [0.25, 0.3) is 10.9 Å². The summed E-state index contributed by atoms with van der Waals surface area (Å²) >= 11 is 3.14. The van der Waals surface area contributed by atoms with E-state index >= 15 is 0 Å². The van der Waals surface area contributed by atoms with Crippen molar-refractivity contribution in [3.8, 4) is 0 Å². The maximum atomic E-state index is 12.0. The molecule has 2 aromatic heterocycles. The Labute approximate surface area is 128 Å². The molecule has 0 saturated heterocycles. The maximum absolute atomic E-state index is 12.0. The van der Waals surface area contributed by atoms with Gasteiger partial charge < -0.3 is 14.7 Å². The molecule has 1 aromatic carbocycles. The van der Waals surface area contributed by atoms with E-state index in [0.29, 0.717) is 15.7 Å². The Morgan fingerprint density at radius 3 is 2.76 bits per heavy atom. The number of aromatic nitrogens is 1. The molecule has 0 fully saturated rings. The number of aromatic amines is 1. The number of nitrogens with one attached hydrogen (secondary N) is 2. The standard InChI is InChI=1S/C15H11BrN2O3/c1-8-6-12(19)10-7-9(2-3-11(10)17-8)18-15(20)13-4-5-14(16)21-13/h2-7H,1H3,(H,17,19)(H,18,20). The number of halogens is 1. The summed E-state index contributed by atoms with van der Waals surface area (Å²) in [7, 11) is 0. The lowest BCUT2D eigenvalue weighted by Gasteiger charge is -2.05. The molecule has 0 aliphatic rings. The van der Waals surface area contributed by atoms with Gasteiger partial charge in [0.25, 0.3) is 5.91 Å². The topological polar surface area (TPSA) is 75.1 Å². The zero-order chi connectivity index (χ0) is 15.0. The molecule has 5 nitrogen and oxygen atoms in total. The van der Waals surface area contributed by atoms with Crippen molar-refractivity contribution in [1.29, 1.82) is 0 Å². The average Bonchev–Trinajstić information content (AvgIpc) is 2.86.